The van der Waals surface area contributed by atoms with Gasteiger partial charge in [-0.05, 0) is 17.5 Å². The van der Waals surface area contributed by atoms with Gasteiger partial charge in [-0.25, -0.2) is 13.5 Å². The van der Waals surface area contributed by atoms with Crippen molar-refractivity contribution in [1.82, 2.24) is 25.3 Å². The minimum atomic E-state index is -1.01. The summed E-state index contributed by atoms with van der Waals surface area (Å²) in [6.45, 7) is 7.77. The van der Waals surface area contributed by atoms with Crippen LogP contribution < -0.4 is 5.32 Å². The molecule has 3 heterocycles. The third-order valence-electron chi connectivity index (χ3n) is 5.80. The van der Waals surface area contributed by atoms with Crippen molar-refractivity contribution in [3.8, 4) is 5.69 Å². The molecule has 1 amide bonds. The smallest absolute Gasteiger partial charge is 0.272 e. The Labute approximate surface area is 200 Å². The molecule has 1 N–H and O–H groups in total. The number of ketones is 1. The predicted octanol–water partition coefficient (Wildman–Crippen LogP) is 3.26. The third-order valence-corrected chi connectivity index (χ3v) is 5.80. The number of ether oxygens (including phenoxy) is 1. The number of rotatable bonds is 7. The molecule has 186 valence electrons. The average molecular weight is 488 g/mol. The minimum absolute atomic E-state index is 0.0824. The number of nitrogens with one attached hydrogen (secondary N) is 1. The maximum absolute atomic E-state index is 13.9. The predicted molar refractivity (Wildman–Crippen MR) is 120 cm³/mol. The van der Waals surface area contributed by atoms with Gasteiger partial charge >= 0.3 is 0 Å². The summed E-state index contributed by atoms with van der Waals surface area (Å²) in [5.74, 6) is -1.96. The molecule has 1 aliphatic heterocycles. The zero-order valence-corrected chi connectivity index (χ0v) is 20.0. The highest BCUT2D eigenvalue weighted by Crippen LogP contribution is 2.27. The van der Waals surface area contributed by atoms with E-state index in [2.05, 4.69) is 20.6 Å². The van der Waals surface area contributed by atoms with E-state index >= 15 is 0 Å². The maximum atomic E-state index is 13.9. The van der Waals surface area contributed by atoms with Crippen molar-refractivity contribution >= 4 is 11.7 Å². The highest BCUT2D eigenvalue weighted by molar-refractivity contribution is 5.98. The van der Waals surface area contributed by atoms with E-state index in [1.807, 2.05) is 20.8 Å². The van der Waals surface area contributed by atoms with Crippen LogP contribution in [0.2, 0.25) is 0 Å². The van der Waals surface area contributed by atoms with Crippen molar-refractivity contribution in [1.29, 1.82) is 0 Å². The monoisotopic (exact) mass is 487 g/mol. The van der Waals surface area contributed by atoms with E-state index < -0.39 is 29.0 Å². The first kappa shape index (κ1) is 24.6. The largest absolute Gasteiger partial charge is 0.426 e. The van der Waals surface area contributed by atoms with Crippen LogP contribution in [-0.4, -0.2) is 44.3 Å². The fraction of sp³-hybridized carbons (Fsp3) is 0.458. The summed E-state index contributed by atoms with van der Waals surface area (Å²) in [4.78, 5) is 26.4. The first-order chi connectivity index (χ1) is 16.5. The second kappa shape index (κ2) is 9.65. The molecule has 1 atom stereocenters. The van der Waals surface area contributed by atoms with E-state index in [0.717, 1.165) is 12.1 Å². The van der Waals surface area contributed by atoms with Gasteiger partial charge in [-0.1, -0.05) is 20.8 Å². The van der Waals surface area contributed by atoms with Crippen LogP contribution in [0.15, 0.2) is 22.6 Å². The van der Waals surface area contributed by atoms with Gasteiger partial charge < -0.3 is 14.5 Å². The Morgan fingerprint density at radius 2 is 1.97 bits per heavy atom. The standard InChI is InChI=1S/C24H27F2N5O4/c1-13-28-29-20(35-13)8-7-19(32)22(24(2,3)4)27-23(33)21-15-12-34-10-9-18(15)31(30-21)14-5-6-16(25)17(26)11-14/h5-6,11,22H,7-10,12H2,1-4H3,(H,27,33)/t22-/m1/s1. The van der Waals surface area contributed by atoms with E-state index in [1.54, 1.807) is 6.92 Å². The van der Waals surface area contributed by atoms with Gasteiger partial charge in [-0.2, -0.15) is 5.10 Å². The highest BCUT2D eigenvalue weighted by atomic mass is 19.2. The summed E-state index contributed by atoms with van der Waals surface area (Å²) in [5.41, 5.74) is 1.02. The van der Waals surface area contributed by atoms with Gasteiger partial charge in [0.05, 0.1) is 30.6 Å². The van der Waals surface area contributed by atoms with Gasteiger partial charge in [0.15, 0.2) is 23.1 Å². The number of amides is 1. The van der Waals surface area contributed by atoms with Crippen LogP contribution in [0.1, 0.15) is 60.7 Å². The van der Waals surface area contributed by atoms with E-state index in [0.29, 0.717) is 41.8 Å². The van der Waals surface area contributed by atoms with E-state index in [1.165, 1.54) is 10.7 Å². The molecule has 0 aliphatic carbocycles. The van der Waals surface area contributed by atoms with Gasteiger partial charge in [0, 0.05) is 37.8 Å². The summed E-state index contributed by atoms with van der Waals surface area (Å²) in [6.07, 6.45) is 0.810. The lowest BCUT2D eigenvalue weighted by atomic mass is 9.82. The Kier molecular flexibility index (Phi) is 6.79. The van der Waals surface area contributed by atoms with Crippen LogP contribution in [0.4, 0.5) is 8.78 Å². The molecule has 3 aromatic rings. The van der Waals surface area contributed by atoms with Crippen LogP contribution in [0, 0.1) is 24.0 Å². The molecule has 11 heteroatoms. The zero-order chi connectivity index (χ0) is 25.3. The molecular formula is C24H27F2N5O4. The van der Waals surface area contributed by atoms with E-state index in [-0.39, 0.29) is 30.9 Å². The number of carbonyl (C=O) groups excluding carboxylic acids is 2. The lowest BCUT2D eigenvalue weighted by Crippen LogP contribution is -2.49. The molecule has 35 heavy (non-hydrogen) atoms. The summed E-state index contributed by atoms with van der Waals surface area (Å²) >= 11 is 0. The number of aromatic nitrogens is 4. The van der Waals surface area contributed by atoms with E-state index in [4.69, 9.17) is 9.15 Å². The van der Waals surface area contributed by atoms with Gasteiger partial charge in [-0.15, -0.1) is 10.2 Å². The van der Waals surface area contributed by atoms with Crippen LogP contribution in [0.5, 0.6) is 0 Å². The molecule has 0 fully saturated rings. The first-order valence-electron chi connectivity index (χ1n) is 11.3. The molecule has 0 bridgehead atoms. The Morgan fingerprint density at radius 3 is 2.63 bits per heavy atom. The van der Waals surface area contributed by atoms with Gasteiger partial charge in [0.1, 0.15) is 0 Å². The molecule has 9 nitrogen and oxygen atoms in total. The van der Waals surface area contributed by atoms with Crippen molar-refractivity contribution in [3.63, 3.8) is 0 Å². The molecule has 0 radical (unpaired) electrons. The van der Waals surface area contributed by atoms with E-state index in [9.17, 15) is 18.4 Å². The van der Waals surface area contributed by atoms with Crippen LogP contribution in [0.25, 0.3) is 5.69 Å². The SMILES string of the molecule is Cc1nnc(CCC(=O)[C@@H](NC(=O)c2nn(-c3ccc(F)c(F)c3)c3c2COCC3)C(C)(C)C)o1. The number of fused-ring (bicyclic) bond motifs is 1. The number of carbonyl (C=O) groups is 2. The van der Waals surface area contributed by atoms with Crippen molar-refractivity contribution in [2.75, 3.05) is 6.61 Å². The number of halogens is 2. The number of benzene rings is 1. The zero-order valence-electron chi connectivity index (χ0n) is 20.0. The van der Waals surface area contributed by atoms with Crippen LogP contribution >= 0.6 is 0 Å². The van der Waals surface area contributed by atoms with Crippen LogP contribution in [0.3, 0.4) is 0 Å². The lowest BCUT2D eigenvalue weighted by molar-refractivity contribution is -0.123. The average Bonchev–Trinajstić information content (AvgIpc) is 3.40. The van der Waals surface area contributed by atoms with Gasteiger partial charge in [0.2, 0.25) is 11.8 Å². The Bertz CT molecular complexity index is 1260. The molecule has 4 rings (SSSR count). The highest BCUT2D eigenvalue weighted by Gasteiger charge is 2.35. The number of hydrogen-bond acceptors (Lipinski definition) is 7. The van der Waals surface area contributed by atoms with Gasteiger partial charge in [-0.3, -0.25) is 9.59 Å². The number of nitrogens with zero attached hydrogens (tertiary/aromatic N) is 4. The maximum Gasteiger partial charge on any atom is 0.272 e. The van der Waals surface area contributed by atoms with Gasteiger partial charge in [0.25, 0.3) is 5.91 Å². The Morgan fingerprint density at radius 1 is 1.20 bits per heavy atom. The lowest BCUT2D eigenvalue weighted by Gasteiger charge is -2.30. The summed E-state index contributed by atoms with van der Waals surface area (Å²) < 4.78 is 39.6. The molecule has 1 aliphatic rings. The van der Waals surface area contributed by atoms with Crippen molar-refractivity contribution in [3.05, 3.63) is 58.6 Å². The molecular weight excluding hydrogens is 460 g/mol. The molecule has 0 saturated heterocycles. The first-order valence-corrected chi connectivity index (χ1v) is 11.3. The topological polar surface area (TPSA) is 112 Å². The van der Waals surface area contributed by atoms with Crippen molar-refractivity contribution in [2.45, 2.75) is 59.6 Å². The molecule has 0 saturated carbocycles. The number of hydrogen-bond donors (Lipinski definition) is 1. The van der Waals surface area contributed by atoms with Crippen molar-refractivity contribution in [2.24, 2.45) is 5.41 Å². The summed E-state index contributed by atoms with van der Waals surface area (Å²) in [7, 11) is 0. The van der Waals surface area contributed by atoms with Crippen molar-refractivity contribution < 1.29 is 27.5 Å². The number of Topliss-reactive ketones (excluding diaryl/α,β-unsaturated/α-hetero) is 1. The summed E-state index contributed by atoms with van der Waals surface area (Å²) in [5, 5.41) is 14.9. The molecule has 1 aromatic carbocycles. The Hall–Kier alpha value is -3.47. The Balaban J connectivity index is 1.59. The molecule has 0 unspecified atom stereocenters. The molecule has 0 spiro atoms. The fourth-order valence-corrected chi connectivity index (χ4v) is 4.04. The normalized spacial score (nSPS) is 14.5. The van der Waals surface area contributed by atoms with Crippen LogP contribution in [-0.2, 0) is 29.0 Å². The second-order valence-corrected chi connectivity index (χ2v) is 9.54. The summed E-state index contributed by atoms with van der Waals surface area (Å²) in [6, 6.07) is 2.62. The quantitative estimate of drug-likeness (QED) is 0.544. The molecule has 2 aromatic heterocycles. The number of aryl methyl sites for hydroxylation is 2. The second-order valence-electron chi connectivity index (χ2n) is 9.54. The fourth-order valence-electron chi connectivity index (χ4n) is 4.04. The minimum Gasteiger partial charge on any atom is -0.426 e. The third kappa shape index (κ3) is 5.29.